The summed E-state index contributed by atoms with van der Waals surface area (Å²) in [5.41, 5.74) is 1.61. The van der Waals surface area contributed by atoms with E-state index in [1.165, 1.54) is 17.4 Å². The van der Waals surface area contributed by atoms with Crippen molar-refractivity contribution < 1.29 is 28.2 Å². The lowest BCUT2D eigenvalue weighted by molar-refractivity contribution is -0.133. The fraction of sp³-hybridized carbons (Fsp3) is 0.429. The van der Waals surface area contributed by atoms with E-state index in [-0.39, 0.29) is 29.9 Å². The van der Waals surface area contributed by atoms with Gasteiger partial charge in [0.2, 0.25) is 0 Å². The number of H-pyrrole nitrogens is 1. The van der Waals surface area contributed by atoms with Crippen LogP contribution >= 0.6 is 0 Å². The molecule has 0 radical (unpaired) electrons. The van der Waals surface area contributed by atoms with Gasteiger partial charge in [-0.25, -0.2) is 4.79 Å². The van der Waals surface area contributed by atoms with Gasteiger partial charge in [-0.3, -0.25) is 14.6 Å². The topological polar surface area (TPSA) is 89.1 Å². The number of aromatic amines is 1. The van der Waals surface area contributed by atoms with Gasteiger partial charge in [0.05, 0.1) is 0 Å². The molecule has 3 amide bonds. The SMILES string of the molecule is CC12Cc3c([nH]c4ccc(OC(F)F)cc34)C(c3cccc(O)c3)N1C(=O)N(CCN1CCCCC1)C2=O. The van der Waals surface area contributed by atoms with Crippen LogP contribution in [0.4, 0.5) is 13.6 Å². The number of nitrogens with zero attached hydrogens (tertiary/aromatic N) is 3. The lowest BCUT2D eigenvalue weighted by Gasteiger charge is -2.42. The van der Waals surface area contributed by atoms with E-state index in [4.69, 9.17) is 0 Å². The molecule has 1 aromatic heterocycles. The summed E-state index contributed by atoms with van der Waals surface area (Å²) in [7, 11) is 0. The Morgan fingerprint density at radius 1 is 1.11 bits per heavy atom. The summed E-state index contributed by atoms with van der Waals surface area (Å²) in [6.07, 6.45) is 3.65. The highest BCUT2D eigenvalue weighted by molar-refractivity contribution is 6.08. The predicted molar refractivity (Wildman–Crippen MR) is 136 cm³/mol. The van der Waals surface area contributed by atoms with Crippen LogP contribution in [0.2, 0.25) is 0 Å². The summed E-state index contributed by atoms with van der Waals surface area (Å²) in [6, 6.07) is 10.3. The van der Waals surface area contributed by atoms with Crippen LogP contribution in [0.15, 0.2) is 42.5 Å². The maximum atomic E-state index is 13.9. The van der Waals surface area contributed by atoms with Crippen LogP contribution in [0, 0.1) is 0 Å². The summed E-state index contributed by atoms with van der Waals surface area (Å²) in [5.74, 6) is -0.211. The summed E-state index contributed by atoms with van der Waals surface area (Å²) >= 11 is 0. The molecule has 6 rings (SSSR count). The maximum Gasteiger partial charge on any atom is 0.387 e. The van der Waals surface area contributed by atoms with Crippen LogP contribution in [-0.2, 0) is 11.2 Å². The minimum Gasteiger partial charge on any atom is -0.508 e. The Hall–Kier alpha value is -3.66. The first kappa shape index (κ1) is 24.7. The second-order valence-corrected chi connectivity index (χ2v) is 10.6. The van der Waals surface area contributed by atoms with Crippen LogP contribution in [0.1, 0.15) is 49.0 Å². The van der Waals surface area contributed by atoms with Crippen LogP contribution in [0.3, 0.4) is 0 Å². The summed E-state index contributed by atoms with van der Waals surface area (Å²) in [5, 5.41) is 10.9. The average molecular weight is 525 g/mol. The Bertz CT molecular complexity index is 1400. The number of hydrogen-bond donors (Lipinski definition) is 2. The second kappa shape index (κ2) is 9.27. The molecule has 2 atom stereocenters. The lowest BCUT2D eigenvalue weighted by Crippen LogP contribution is -2.53. The zero-order chi connectivity index (χ0) is 26.6. The van der Waals surface area contributed by atoms with Crippen LogP contribution < -0.4 is 4.74 Å². The molecule has 4 heterocycles. The largest absolute Gasteiger partial charge is 0.508 e. The van der Waals surface area contributed by atoms with Crippen molar-refractivity contribution in [3.8, 4) is 11.5 Å². The van der Waals surface area contributed by atoms with E-state index in [0.717, 1.165) is 31.5 Å². The molecule has 0 spiro atoms. The molecule has 2 fully saturated rings. The quantitative estimate of drug-likeness (QED) is 0.459. The first-order chi connectivity index (χ1) is 18.3. The Morgan fingerprint density at radius 2 is 1.89 bits per heavy atom. The van der Waals surface area contributed by atoms with Gasteiger partial charge in [-0.2, -0.15) is 8.78 Å². The summed E-state index contributed by atoms with van der Waals surface area (Å²) in [4.78, 5) is 36.5. The molecule has 10 heteroatoms. The average Bonchev–Trinajstić information content (AvgIpc) is 3.33. The molecule has 2 aromatic carbocycles. The van der Waals surface area contributed by atoms with Crippen molar-refractivity contribution >= 4 is 22.8 Å². The number of piperidine rings is 1. The molecule has 0 aliphatic carbocycles. The van der Waals surface area contributed by atoms with Gasteiger partial charge >= 0.3 is 12.6 Å². The Kier molecular flexibility index (Phi) is 6.02. The number of halogens is 2. The molecular weight excluding hydrogens is 494 g/mol. The number of phenolic OH excluding ortho intramolecular Hbond substituents is 1. The van der Waals surface area contributed by atoms with E-state index in [2.05, 4.69) is 14.6 Å². The Morgan fingerprint density at radius 3 is 2.63 bits per heavy atom. The number of benzene rings is 2. The third-order valence-electron chi connectivity index (χ3n) is 8.14. The van der Waals surface area contributed by atoms with E-state index in [9.17, 15) is 23.5 Å². The van der Waals surface area contributed by atoms with Gasteiger partial charge in [0.1, 0.15) is 23.1 Å². The normalized spacial score (nSPS) is 23.8. The van der Waals surface area contributed by atoms with Crippen molar-refractivity contribution in [1.82, 2.24) is 19.7 Å². The van der Waals surface area contributed by atoms with E-state index in [1.54, 1.807) is 42.2 Å². The molecule has 3 aliphatic heterocycles. The van der Waals surface area contributed by atoms with E-state index < -0.39 is 18.2 Å². The number of rotatable bonds is 6. The number of ether oxygens (including phenoxy) is 1. The van der Waals surface area contributed by atoms with Crippen molar-refractivity contribution in [1.29, 1.82) is 0 Å². The van der Waals surface area contributed by atoms with Gasteiger partial charge in [0.15, 0.2) is 0 Å². The number of nitrogens with one attached hydrogen (secondary N) is 1. The fourth-order valence-electron chi connectivity index (χ4n) is 6.33. The number of amides is 3. The Balaban J connectivity index is 1.44. The van der Waals surface area contributed by atoms with Gasteiger partial charge in [-0.15, -0.1) is 0 Å². The Labute approximate surface area is 218 Å². The van der Waals surface area contributed by atoms with Gasteiger partial charge in [0.25, 0.3) is 5.91 Å². The molecule has 2 unspecified atom stereocenters. The third-order valence-corrected chi connectivity index (χ3v) is 8.14. The molecule has 2 N–H and O–H groups in total. The first-order valence-corrected chi connectivity index (χ1v) is 13.0. The van der Waals surface area contributed by atoms with Gasteiger partial charge in [-0.1, -0.05) is 18.6 Å². The second-order valence-electron chi connectivity index (χ2n) is 10.6. The van der Waals surface area contributed by atoms with Crippen molar-refractivity contribution in [3.63, 3.8) is 0 Å². The molecule has 2 saturated heterocycles. The molecule has 3 aromatic rings. The highest BCUT2D eigenvalue weighted by Crippen LogP contribution is 2.49. The standard InChI is InChI=1S/C28H30F2N4O4/c1-28-16-21-20-15-19(38-26(29)30)8-9-22(20)31-23(21)24(17-6-5-7-18(35)14-17)34(28)27(37)33(25(28)36)13-12-32-10-3-2-4-11-32/h5-9,14-15,24,26,31,35H,2-4,10-13,16H2,1H3. The molecule has 200 valence electrons. The van der Waals surface area contributed by atoms with E-state index in [1.807, 2.05) is 6.07 Å². The van der Waals surface area contributed by atoms with Gasteiger partial charge in [0, 0.05) is 36.1 Å². The highest BCUT2D eigenvalue weighted by atomic mass is 19.3. The van der Waals surface area contributed by atoms with E-state index in [0.29, 0.717) is 35.2 Å². The fourth-order valence-corrected chi connectivity index (χ4v) is 6.33. The van der Waals surface area contributed by atoms with Crippen LogP contribution in [0.5, 0.6) is 11.5 Å². The van der Waals surface area contributed by atoms with Crippen molar-refractivity contribution in [2.75, 3.05) is 26.2 Å². The van der Waals surface area contributed by atoms with Crippen LogP contribution in [0.25, 0.3) is 10.9 Å². The van der Waals surface area contributed by atoms with Gasteiger partial charge in [-0.05, 0) is 74.3 Å². The summed E-state index contributed by atoms with van der Waals surface area (Å²) in [6.45, 7) is 1.66. The molecular formula is C28H30F2N4O4. The number of imide groups is 1. The number of aromatic nitrogens is 1. The monoisotopic (exact) mass is 524 g/mol. The number of urea groups is 1. The smallest absolute Gasteiger partial charge is 0.387 e. The molecule has 38 heavy (non-hydrogen) atoms. The minimum absolute atomic E-state index is 0.0211. The molecule has 8 nitrogen and oxygen atoms in total. The lowest BCUT2D eigenvalue weighted by atomic mass is 9.81. The highest BCUT2D eigenvalue weighted by Gasteiger charge is 2.60. The van der Waals surface area contributed by atoms with Crippen molar-refractivity contribution in [3.05, 3.63) is 59.3 Å². The number of phenols is 1. The number of hydrogen-bond acceptors (Lipinski definition) is 5. The molecule has 3 aliphatic rings. The third kappa shape index (κ3) is 3.98. The number of likely N-dealkylation sites (tertiary alicyclic amines) is 1. The van der Waals surface area contributed by atoms with E-state index >= 15 is 0 Å². The number of aromatic hydroxyl groups is 1. The minimum atomic E-state index is -2.96. The number of alkyl halides is 2. The van der Waals surface area contributed by atoms with Crippen molar-refractivity contribution in [2.45, 2.75) is 50.8 Å². The van der Waals surface area contributed by atoms with Crippen LogP contribution in [-0.4, -0.2) is 75.1 Å². The zero-order valence-electron chi connectivity index (χ0n) is 21.1. The predicted octanol–water partition coefficient (Wildman–Crippen LogP) is 4.63. The molecule has 0 bridgehead atoms. The number of fused-ring (bicyclic) bond motifs is 4. The summed E-state index contributed by atoms with van der Waals surface area (Å²) < 4.78 is 30.5. The van der Waals surface area contributed by atoms with Gasteiger partial charge < -0.3 is 19.7 Å². The van der Waals surface area contributed by atoms with Crippen molar-refractivity contribution in [2.24, 2.45) is 0 Å². The maximum absolute atomic E-state index is 13.9. The number of carbonyl (C=O) groups excluding carboxylic acids is 2. The first-order valence-electron chi connectivity index (χ1n) is 13.0. The molecule has 0 saturated carbocycles. The number of carbonyl (C=O) groups is 2. The zero-order valence-corrected chi connectivity index (χ0v) is 21.1.